The van der Waals surface area contributed by atoms with Crippen molar-refractivity contribution in [1.29, 1.82) is 0 Å². The molecule has 0 heterocycles. The van der Waals surface area contributed by atoms with Crippen LogP contribution in [0.25, 0.3) is 0 Å². The van der Waals surface area contributed by atoms with Crippen molar-refractivity contribution in [3.05, 3.63) is 12.2 Å². The molecule has 0 saturated heterocycles. The molecule has 0 aliphatic heterocycles. The number of carbonyl (C=O) groups excluding carboxylic acids is 1. The zero-order valence-corrected chi connectivity index (χ0v) is 18.7. The zero-order valence-electron chi connectivity index (χ0n) is 18.0. The van der Waals surface area contributed by atoms with Crippen LogP contribution in [0.4, 0.5) is 0 Å². The average Bonchev–Trinajstić information content (AvgIpc) is 2.95. The molecule has 2 saturated carbocycles. The van der Waals surface area contributed by atoms with Crippen molar-refractivity contribution in [2.45, 2.75) is 95.3 Å². The summed E-state index contributed by atoms with van der Waals surface area (Å²) in [5.41, 5.74) is 0. The Morgan fingerprint density at radius 2 is 1.90 bits per heavy atom. The Kier molecular flexibility index (Phi) is 11.0. The van der Waals surface area contributed by atoms with Crippen molar-refractivity contribution >= 4 is 17.6 Å². The van der Waals surface area contributed by atoms with E-state index in [-0.39, 0.29) is 42.0 Å². The van der Waals surface area contributed by atoms with Gasteiger partial charge in [0.15, 0.2) is 0 Å². The third-order valence-corrected chi connectivity index (χ3v) is 6.84. The Bertz CT molecular complexity index is 503. The molecule has 0 radical (unpaired) electrons. The summed E-state index contributed by atoms with van der Waals surface area (Å²) >= 11 is 6.51. The molecular weight excluding hydrogens is 392 g/mol. The summed E-state index contributed by atoms with van der Waals surface area (Å²) in [4.78, 5) is 11.4. The number of rotatable bonds is 11. The van der Waals surface area contributed by atoms with E-state index in [1.807, 2.05) is 12.2 Å². The summed E-state index contributed by atoms with van der Waals surface area (Å²) in [6.07, 6.45) is 12.1. The molecule has 6 heteroatoms. The summed E-state index contributed by atoms with van der Waals surface area (Å²) in [5, 5.41) is 21.0. The average molecular weight is 431 g/mol. The van der Waals surface area contributed by atoms with Crippen LogP contribution in [0.1, 0.15) is 71.6 Å². The van der Waals surface area contributed by atoms with Gasteiger partial charge in [-0.1, -0.05) is 31.4 Å². The van der Waals surface area contributed by atoms with Crippen molar-refractivity contribution in [2.75, 3.05) is 13.2 Å². The van der Waals surface area contributed by atoms with E-state index in [2.05, 4.69) is 0 Å². The van der Waals surface area contributed by atoms with Gasteiger partial charge in [0.05, 0.1) is 24.9 Å². The monoisotopic (exact) mass is 430 g/mol. The van der Waals surface area contributed by atoms with E-state index in [4.69, 9.17) is 21.1 Å². The number of aliphatic hydroxyl groups excluding tert-OH is 2. The van der Waals surface area contributed by atoms with Gasteiger partial charge in [-0.2, -0.15) is 0 Å². The highest BCUT2D eigenvalue weighted by Gasteiger charge is 2.40. The van der Waals surface area contributed by atoms with Crippen molar-refractivity contribution < 1.29 is 24.5 Å². The Balaban J connectivity index is 1.72. The number of aliphatic hydroxyl groups is 2. The van der Waals surface area contributed by atoms with Gasteiger partial charge in [-0.3, -0.25) is 0 Å². The summed E-state index contributed by atoms with van der Waals surface area (Å²) in [7, 11) is 0. The molecule has 0 amide bonds. The van der Waals surface area contributed by atoms with Gasteiger partial charge in [0.25, 0.3) is 0 Å². The minimum Gasteiger partial charge on any atom is -0.461 e. The maximum Gasteiger partial charge on any atom is 0.332 e. The number of esters is 1. The molecule has 0 spiro atoms. The molecule has 29 heavy (non-hydrogen) atoms. The van der Waals surface area contributed by atoms with Crippen LogP contribution in [0.5, 0.6) is 0 Å². The number of ether oxygens (including phenoxy) is 2. The van der Waals surface area contributed by atoms with Crippen LogP contribution in [0, 0.1) is 17.8 Å². The molecular formula is C23H39ClO5. The van der Waals surface area contributed by atoms with Gasteiger partial charge < -0.3 is 19.7 Å². The van der Waals surface area contributed by atoms with Crippen LogP contribution < -0.4 is 0 Å². The first kappa shape index (κ1) is 24.6. The summed E-state index contributed by atoms with van der Waals surface area (Å²) in [5.74, 6) is 0.395. The largest absolute Gasteiger partial charge is 0.461 e. The molecule has 0 aromatic rings. The third-order valence-electron chi connectivity index (χ3n) is 6.34. The molecule has 2 fully saturated rings. The zero-order chi connectivity index (χ0) is 21.2. The van der Waals surface area contributed by atoms with Gasteiger partial charge >= 0.3 is 5.97 Å². The first-order valence-electron chi connectivity index (χ1n) is 11.3. The van der Waals surface area contributed by atoms with E-state index in [0.717, 1.165) is 32.1 Å². The highest BCUT2D eigenvalue weighted by Crippen LogP contribution is 2.42. The number of hydrogen-bond donors (Lipinski definition) is 2. The molecule has 2 N–H and O–H groups in total. The SMILES string of the molecule is CC(C)OC(=O)COC/C=C\CC1C(CC[C@H](O)C2CCCCC2)[C@@H](O)C[C@@H]1Cl. The second kappa shape index (κ2) is 12.9. The van der Waals surface area contributed by atoms with Crippen LogP contribution in [0.2, 0.25) is 0 Å². The maximum atomic E-state index is 11.4. The van der Waals surface area contributed by atoms with Crippen molar-refractivity contribution in [3.8, 4) is 0 Å². The topological polar surface area (TPSA) is 76.0 Å². The predicted molar refractivity (Wildman–Crippen MR) is 115 cm³/mol. The van der Waals surface area contributed by atoms with E-state index >= 15 is 0 Å². The number of allylic oxidation sites excluding steroid dienone is 1. The van der Waals surface area contributed by atoms with Crippen LogP contribution in [0.3, 0.4) is 0 Å². The first-order valence-corrected chi connectivity index (χ1v) is 11.7. The summed E-state index contributed by atoms with van der Waals surface area (Å²) in [6.45, 7) is 3.91. The number of halogens is 1. The molecule has 2 aliphatic carbocycles. The fourth-order valence-corrected chi connectivity index (χ4v) is 5.28. The number of hydrogen-bond acceptors (Lipinski definition) is 5. The molecule has 0 aromatic heterocycles. The molecule has 2 unspecified atom stereocenters. The highest BCUT2D eigenvalue weighted by molar-refractivity contribution is 6.21. The number of carbonyl (C=O) groups is 1. The normalized spacial score (nSPS) is 29.6. The van der Waals surface area contributed by atoms with E-state index in [1.165, 1.54) is 19.3 Å². The van der Waals surface area contributed by atoms with Gasteiger partial charge in [0.2, 0.25) is 0 Å². The lowest BCUT2D eigenvalue weighted by atomic mass is 9.81. The Morgan fingerprint density at radius 1 is 1.17 bits per heavy atom. The summed E-state index contributed by atoms with van der Waals surface area (Å²) in [6, 6.07) is 0. The molecule has 2 aliphatic rings. The standard InChI is InChI=1S/C23H39ClO5/c1-16(2)29-23(27)15-28-13-7-6-10-18-19(22(26)14-20(18)24)11-12-21(25)17-8-4-3-5-9-17/h6-7,16-22,25-26H,3-5,8-15H2,1-2H3/b7-6-/t18?,19?,20-,21-,22-/m0/s1. The highest BCUT2D eigenvalue weighted by atomic mass is 35.5. The maximum absolute atomic E-state index is 11.4. The second-order valence-electron chi connectivity index (χ2n) is 8.95. The molecule has 0 bridgehead atoms. The van der Waals surface area contributed by atoms with E-state index in [9.17, 15) is 15.0 Å². The quantitative estimate of drug-likeness (QED) is 0.222. The molecule has 2 rings (SSSR count). The van der Waals surface area contributed by atoms with Gasteiger partial charge in [0.1, 0.15) is 6.61 Å². The van der Waals surface area contributed by atoms with Gasteiger partial charge in [0, 0.05) is 5.38 Å². The summed E-state index contributed by atoms with van der Waals surface area (Å²) < 4.78 is 10.3. The minimum atomic E-state index is -0.392. The van der Waals surface area contributed by atoms with Gasteiger partial charge in [-0.15, -0.1) is 11.6 Å². The molecule has 0 aromatic carbocycles. The lowest BCUT2D eigenvalue weighted by Gasteiger charge is -2.29. The van der Waals surface area contributed by atoms with Gasteiger partial charge in [-0.05, 0) is 70.1 Å². The van der Waals surface area contributed by atoms with E-state index in [0.29, 0.717) is 18.9 Å². The van der Waals surface area contributed by atoms with Crippen molar-refractivity contribution in [3.63, 3.8) is 0 Å². The van der Waals surface area contributed by atoms with Crippen molar-refractivity contribution in [2.24, 2.45) is 17.8 Å². The van der Waals surface area contributed by atoms with Crippen molar-refractivity contribution in [1.82, 2.24) is 0 Å². The van der Waals surface area contributed by atoms with Crippen LogP contribution in [-0.4, -0.2) is 53.1 Å². The first-order chi connectivity index (χ1) is 13.9. The minimum absolute atomic E-state index is 0.0478. The Labute approximate surface area is 180 Å². The van der Waals surface area contributed by atoms with E-state index < -0.39 is 6.10 Å². The molecule has 168 valence electrons. The van der Waals surface area contributed by atoms with E-state index in [1.54, 1.807) is 13.8 Å². The molecule has 5 atom stereocenters. The van der Waals surface area contributed by atoms with Crippen LogP contribution in [-0.2, 0) is 14.3 Å². The number of alkyl halides is 1. The Hall–Kier alpha value is -0.620. The van der Waals surface area contributed by atoms with Crippen LogP contribution >= 0.6 is 11.6 Å². The lowest BCUT2D eigenvalue weighted by Crippen LogP contribution is -2.26. The smallest absolute Gasteiger partial charge is 0.332 e. The van der Waals surface area contributed by atoms with Crippen LogP contribution in [0.15, 0.2) is 12.2 Å². The fourth-order valence-electron chi connectivity index (χ4n) is 4.81. The third kappa shape index (κ3) is 8.56. The predicted octanol–water partition coefficient (Wildman–Crippen LogP) is 4.23. The fraction of sp³-hybridized carbons (Fsp3) is 0.870. The molecule has 5 nitrogen and oxygen atoms in total. The second-order valence-corrected chi connectivity index (χ2v) is 9.51. The Morgan fingerprint density at radius 3 is 2.59 bits per heavy atom. The van der Waals surface area contributed by atoms with Gasteiger partial charge in [-0.25, -0.2) is 4.79 Å². The lowest BCUT2D eigenvalue weighted by molar-refractivity contribution is -0.152.